The van der Waals surface area contributed by atoms with Gasteiger partial charge in [0.2, 0.25) is 0 Å². The maximum absolute atomic E-state index is 12.0. The molecule has 1 aliphatic rings. The third-order valence-corrected chi connectivity index (χ3v) is 2.64. The van der Waals surface area contributed by atoms with Gasteiger partial charge in [-0.3, -0.25) is 9.36 Å². The molecule has 0 N–H and O–H groups in total. The number of carbonyl (C=O) groups is 2. The van der Waals surface area contributed by atoms with E-state index in [1.165, 1.54) is 4.57 Å². The van der Waals surface area contributed by atoms with Crippen LogP contribution >= 0.6 is 0 Å². The number of carbonyl (C=O) groups excluding carboxylic acids is 2. The summed E-state index contributed by atoms with van der Waals surface area (Å²) in [5.41, 5.74) is 1.12. The topological polar surface area (TPSA) is 48.3 Å². The van der Waals surface area contributed by atoms with Crippen molar-refractivity contribution in [2.24, 2.45) is 0 Å². The van der Waals surface area contributed by atoms with Crippen LogP contribution in [0.1, 0.15) is 39.3 Å². The van der Waals surface area contributed by atoms with Crippen LogP contribution in [0.5, 0.6) is 0 Å². The van der Waals surface area contributed by atoms with E-state index in [2.05, 4.69) is 0 Å². The van der Waals surface area contributed by atoms with Crippen LogP contribution < -0.4 is 0 Å². The van der Waals surface area contributed by atoms with Crippen molar-refractivity contribution < 1.29 is 14.3 Å². The third kappa shape index (κ3) is 2.70. The zero-order valence-corrected chi connectivity index (χ0v) is 10.9. The number of hydrogen-bond acceptors (Lipinski definition) is 3. The minimum absolute atomic E-state index is 0.113. The molecule has 1 heterocycles. The van der Waals surface area contributed by atoms with E-state index in [0.717, 1.165) is 11.3 Å². The van der Waals surface area contributed by atoms with Gasteiger partial charge in [-0.05, 0) is 51.0 Å². The Morgan fingerprint density at radius 2 is 2.06 bits per heavy atom. The van der Waals surface area contributed by atoms with Crippen molar-refractivity contribution in [1.29, 1.82) is 0 Å². The lowest BCUT2D eigenvalue weighted by molar-refractivity contribution is -0.114. The molecule has 4 nitrogen and oxygen atoms in total. The smallest absolute Gasteiger partial charge is 0.418 e. The molecule has 0 spiro atoms. The van der Waals surface area contributed by atoms with Gasteiger partial charge in [0.05, 0.1) is 5.69 Å². The molecule has 0 unspecified atom stereocenters. The minimum Gasteiger partial charge on any atom is -0.443 e. The Hall–Kier alpha value is -1.84. The van der Waals surface area contributed by atoms with Crippen molar-refractivity contribution in [2.75, 3.05) is 0 Å². The fraction of sp³-hybridized carbons (Fsp3) is 0.429. The van der Waals surface area contributed by atoms with Crippen molar-refractivity contribution >= 4 is 17.4 Å². The first-order valence-corrected chi connectivity index (χ1v) is 6.01. The number of hydrogen-bond donors (Lipinski definition) is 0. The predicted molar refractivity (Wildman–Crippen MR) is 68.3 cm³/mol. The van der Waals surface area contributed by atoms with E-state index in [0.29, 0.717) is 12.8 Å². The summed E-state index contributed by atoms with van der Waals surface area (Å²) in [5, 5.41) is 0. The monoisotopic (exact) mass is 247 g/mol. The standard InChI is InChI=1S/C14H17NO3/c1-14(2,3)18-13(17)15-8-4-5-12(15)10-6-7-11(16)9-10/h4-5,8-9H,6-7H2,1-3H3. The highest BCUT2D eigenvalue weighted by atomic mass is 16.6. The Kier molecular flexibility index (Phi) is 3.11. The number of aromatic nitrogens is 1. The Morgan fingerprint density at radius 3 is 2.61 bits per heavy atom. The fourth-order valence-corrected chi connectivity index (χ4v) is 1.91. The average molecular weight is 247 g/mol. The molecular formula is C14H17NO3. The van der Waals surface area contributed by atoms with E-state index in [4.69, 9.17) is 4.74 Å². The van der Waals surface area contributed by atoms with Crippen LogP contribution in [0.3, 0.4) is 0 Å². The molecule has 0 bridgehead atoms. The summed E-state index contributed by atoms with van der Waals surface area (Å²) in [5.74, 6) is 0.113. The molecule has 2 rings (SSSR count). The predicted octanol–water partition coefficient (Wildman–Crippen LogP) is 3.02. The molecule has 0 fully saturated rings. The Morgan fingerprint density at radius 1 is 1.33 bits per heavy atom. The lowest BCUT2D eigenvalue weighted by atomic mass is 10.2. The van der Waals surface area contributed by atoms with Gasteiger partial charge in [0, 0.05) is 12.6 Å². The first-order chi connectivity index (χ1) is 8.37. The number of ether oxygens (including phenoxy) is 1. The molecule has 1 aromatic heterocycles. The van der Waals surface area contributed by atoms with Gasteiger partial charge in [-0.2, -0.15) is 0 Å². The maximum Gasteiger partial charge on any atom is 0.418 e. The Balaban J connectivity index is 2.26. The Labute approximate surface area is 106 Å². The zero-order valence-electron chi connectivity index (χ0n) is 10.9. The molecule has 0 amide bonds. The first-order valence-electron chi connectivity index (χ1n) is 6.01. The van der Waals surface area contributed by atoms with Crippen LogP contribution in [0.15, 0.2) is 24.4 Å². The van der Waals surface area contributed by atoms with Gasteiger partial charge < -0.3 is 4.74 Å². The highest BCUT2D eigenvalue weighted by molar-refractivity contribution is 6.01. The van der Waals surface area contributed by atoms with E-state index >= 15 is 0 Å². The molecular weight excluding hydrogens is 230 g/mol. The van der Waals surface area contributed by atoms with Gasteiger partial charge in [0.15, 0.2) is 5.78 Å². The van der Waals surface area contributed by atoms with Gasteiger partial charge in [0.25, 0.3) is 0 Å². The van der Waals surface area contributed by atoms with Gasteiger partial charge in [-0.25, -0.2) is 4.79 Å². The second-order valence-electron chi connectivity index (χ2n) is 5.38. The van der Waals surface area contributed by atoms with Crippen molar-refractivity contribution in [3.05, 3.63) is 30.1 Å². The van der Waals surface area contributed by atoms with E-state index in [1.54, 1.807) is 18.3 Å². The summed E-state index contributed by atoms with van der Waals surface area (Å²) < 4.78 is 6.78. The second kappa shape index (κ2) is 4.44. The summed E-state index contributed by atoms with van der Waals surface area (Å²) in [7, 11) is 0. The van der Waals surface area contributed by atoms with Crippen LogP contribution in [-0.2, 0) is 9.53 Å². The lowest BCUT2D eigenvalue weighted by Gasteiger charge is -2.20. The number of ketones is 1. The molecule has 96 valence electrons. The number of nitrogens with zero attached hydrogens (tertiary/aromatic N) is 1. The van der Waals surface area contributed by atoms with Gasteiger partial charge in [-0.15, -0.1) is 0 Å². The molecule has 1 aromatic rings. The molecule has 0 saturated carbocycles. The van der Waals surface area contributed by atoms with Crippen LogP contribution in [-0.4, -0.2) is 22.0 Å². The summed E-state index contributed by atoms with van der Waals surface area (Å²) in [6.07, 6.45) is 4.06. The van der Waals surface area contributed by atoms with Gasteiger partial charge >= 0.3 is 6.09 Å². The molecule has 4 heteroatoms. The van der Waals surface area contributed by atoms with Gasteiger partial charge in [-0.1, -0.05) is 0 Å². The molecule has 18 heavy (non-hydrogen) atoms. The summed E-state index contributed by atoms with van der Waals surface area (Å²) in [6.45, 7) is 5.48. The molecule has 0 atom stereocenters. The molecule has 0 radical (unpaired) electrons. The summed E-state index contributed by atoms with van der Waals surface area (Å²) >= 11 is 0. The SMILES string of the molecule is CC(C)(C)OC(=O)n1cccc1C1=CC(=O)CC1. The van der Waals surface area contributed by atoms with Crippen LogP contribution in [0, 0.1) is 0 Å². The quantitative estimate of drug-likeness (QED) is 0.766. The summed E-state index contributed by atoms with van der Waals surface area (Å²) in [4.78, 5) is 23.3. The van der Waals surface area contributed by atoms with Crippen LogP contribution in [0.2, 0.25) is 0 Å². The van der Waals surface area contributed by atoms with Crippen molar-refractivity contribution in [2.45, 2.75) is 39.2 Å². The molecule has 0 saturated heterocycles. The second-order valence-corrected chi connectivity index (χ2v) is 5.38. The largest absolute Gasteiger partial charge is 0.443 e. The van der Waals surface area contributed by atoms with Crippen LogP contribution in [0.25, 0.3) is 5.57 Å². The first kappa shape index (κ1) is 12.6. The maximum atomic E-state index is 12.0. The average Bonchev–Trinajstić information content (AvgIpc) is 2.81. The lowest BCUT2D eigenvalue weighted by Crippen LogP contribution is -2.27. The fourth-order valence-electron chi connectivity index (χ4n) is 1.91. The number of allylic oxidation sites excluding steroid dienone is 2. The normalized spacial score (nSPS) is 15.7. The number of rotatable bonds is 1. The van der Waals surface area contributed by atoms with E-state index < -0.39 is 11.7 Å². The molecule has 1 aliphatic carbocycles. The summed E-state index contributed by atoms with van der Waals surface area (Å²) in [6, 6.07) is 3.61. The van der Waals surface area contributed by atoms with Crippen molar-refractivity contribution in [1.82, 2.24) is 4.57 Å². The molecule has 0 aliphatic heterocycles. The van der Waals surface area contributed by atoms with Gasteiger partial charge in [0.1, 0.15) is 5.60 Å². The molecule has 0 aromatic carbocycles. The third-order valence-electron chi connectivity index (χ3n) is 2.64. The Bertz CT molecular complexity index is 517. The van der Waals surface area contributed by atoms with E-state index in [1.807, 2.05) is 26.8 Å². The van der Waals surface area contributed by atoms with Crippen molar-refractivity contribution in [3.63, 3.8) is 0 Å². The highest BCUT2D eigenvalue weighted by Crippen LogP contribution is 2.26. The highest BCUT2D eigenvalue weighted by Gasteiger charge is 2.22. The zero-order chi connectivity index (χ0) is 13.3. The minimum atomic E-state index is -0.529. The van der Waals surface area contributed by atoms with E-state index in [-0.39, 0.29) is 5.78 Å². The van der Waals surface area contributed by atoms with Crippen LogP contribution in [0.4, 0.5) is 4.79 Å². The van der Waals surface area contributed by atoms with Crippen molar-refractivity contribution in [3.8, 4) is 0 Å². The van der Waals surface area contributed by atoms with E-state index in [9.17, 15) is 9.59 Å².